The molecule has 3 aliphatic heterocycles. The van der Waals surface area contributed by atoms with Crippen LogP contribution < -0.4 is 20.3 Å². The molecule has 3 aromatic rings. The summed E-state index contributed by atoms with van der Waals surface area (Å²) < 4.78 is 29.3. The van der Waals surface area contributed by atoms with E-state index in [0.717, 1.165) is 55.9 Å². The molecule has 3 aromatic heterocycles. The third kappa shape index (κ3) is 6.60. The average Bonchev–Trinajstić information content (AvgIpc) is 3.32. The lowest BCUT2D eigenvalue weighted by Crippen LogP contribution is -2.41. The second kappa shape index (κ2) is 11.8. The molecule has 2 atom stereocenters. The highest BCUT2D eigenvalue weighted by molar-refractivity contribution is 7.90. The van der Waals surface area contributed by atoms with E-state index in [1.807, 2.05) is 18.2 Å². The zero-order valence-electron chi connectivity index (χ0n) is 26.7. The third-order valence-corrected chi connectivity index (χ3v) is 10.3. The first kappa shape index (κ1) is 31.2. The van der Waals surface area contributed by atoms with Crippen molar-refractivity contribution in [3.8, 4) is 0 Å². The van der Waals surface area contributed by atoms with Crippen molar-refractivity contribution in [2.24, 2.45) is 5.92 Å². The van der Waals surface area contributed by atoms with Gasteiger partial charge in [-0.15, -0.1) is 0 Å². The Morgan fingerprint density at radius 2 is 1.78 bits per heavy atom. The highest BCUT2D eigenvalue weighted by Crippen LogP contribution is 2.41. The summed E-state index contributed by atoms with van der Waals surface area (Å²) in [5.41, 5.74) is 3.59. The molecular weight excluding hydrogens is 586 g/mol. The number of rotatable bonds is 2. The van der Waals surface area contributed by atoms with Crippen molar-refractivity contribution in [3.63, 3.8) is 0 Å². The van der Waals surface area contributed by atoms with Crippen LogP contribution in [-0.2, 0) is 15.4 Å². The van der Waals surface area contributed by atoms with E-state index in [-0.39, 0.29) is 27.6 Å². The number of carbonyl (C=O) groups excluding carboxylic acids is 1. The Labute approximate surface area is 266 Å². The number of amides is 1. The number of hydrogen-bond acceptors (Lipinski definition) is 9. The number of nitrogens with one attached hydrogen (secondary N) is 3. The minimum absolute atomic E-state index is 0.201. The second-order valence-electron chi connectivity index (χ2n) is 14.0. The zero-order valence-corrected chi connectivity index (χ0v) is 27.5. The summed E-state index contributed by atoms with van der Waals surface area (Å²) in [4.78, 5) is 30.4. The fourth-order valence-electron chi connectivity index (χ4n) is 6.63. The lowest BCUT2D eigenvalue weighted by Gasteiger charge is -2.34. The maximum atomic E-state index is 13.7. The summed E-state index contributed by atoms with van der Waals surface area (Å²) in [6, 6.07) is 14.2. The molecule has 6 rings (SSSR count). The van der Waals surface area contributed by atoms with Gasteiger partial charge < -0.3 is 15.5 Å². The van der Waals surface area contributed by atoms with Crippen LogP contribution in [-0.4, -0.2) is 54.5 Å². The molecule has 0 unspecified atom stereocenters. The minimum Gasteiger partial charge on any atom is -0.362 e. The molecular formula is C34H43N7O3S. The molecule has 6 heterocycles. The largest absolute Gasteiger partial charge is 0.362 e. The summed E-state index contributed by atoms with van der Waals surface area (Å²) in [6.07, 6.45) is 5.68. The van der Waals surface area contributed by atoms with E-state index in [0.29, 0.717) is 24.1 Å². The van der Waals surface area contributed by atoms with E-state index in [9.17, 15) is 13.2 Å². The number of nitrogens with zero attached hydrogens (tertiary/aromatic N) is 4. The SMILES string of the molecule is CC(C)(C)c1ccc2c(n1)N1C[C@@H](CC[C@@H](c3cccc(C4=CCNCC4)n3)Nc3cccc(n3)S(=O)(=O)NC2=O)CC1(C)C. The van der Waals surface area contributed by atoms with Gasteiger partial charge in [0.2, 0.25) is 0 Å². The van der Waals surface area contributed by atoms with Crippen molar-refractivity contribution < 1.29 is 13.2 Å². The smallest absolute Gasteiger partial charge is 0.281 e. The van der Waals surface area contributed by atoms with Crippen molar-refractivity contribution in [1.29, 1.82) is 0 Å². The Morgan fingerprint density at radius 1 is 0.978 bits per heavy atom. The monoisotopic (exact) mass is 629 g/mol. The van der Waals surface area contributed by atoms with Crippen LogP contribution in [0.25, 0.3) is 5.57 Å². The molecule has 1 saturated heterocycles. The summed E-state index contributed by atoms with van der Waals surface area (Å²) in [5, 5.41) is 6.62. The topological polar surface area (TPSA) is 129 Å². The predicted octanol–water partition coefficient (Wildman–Crippen LogP) is 5.22. The molecule has 0 aromatic carbocycles. The molecule has 0 spiro atoms. The van der Waals surface area contributed by atoms with Crippen LogP contribution in [0.15, 0.2) is 59.6 Å². The molecule has 1 fully saturated rings. The molecule has 45 heavy (non-hydrogen) atoms. The molecule has 1 amide bonds. The normalized spacial score (nSPS) is 23.1. The van der Waals surface area contributed by atoms with Crippen LogP contribution in [0.5, 0.6) is 0 Å². The number of sulfonamides is 1. The van der Waals surface area contributed by atoms with Gasteiger partial charge in [-0.2, -0.15) is 8.42 Å². The van der Waals surface area contributed by atoms with Crippen LogP contribution in [0.4, 0.5) is 11.6 Å². The summed E-state index contributed by atoms with van der Waals surface area (Å²) in [6.45, 7) is 13.0. The molecule has 0 saturated carbocycles. The molecule has 3 aliphatic rings. The van der Waals surface area contributed by atoms with Crippen LogP contribution in [0.1, 0.15) is 93.8 Å². The van der Waals surface area contributed by atoms with Gasteiger partial charge in [-0.05, 0) is 94.0 Å². The van der Waals surface area contributed by atoms with Crippen molar-refractivity contribution in [1.82, 2.24) is 25.0 Å². The lowest BCUT2D eigenvalue weighted by atomic mass is 9.90. The van der Waals surface area contributed by atoms with Gasteiger partial charge in [0.05, 0.1) is 23.0 Å². The van der Waals surface area contributed by atoms with Gasteiger partial charge in [0.1, 0.15) is 11.6 Å². The highest BCUT2D eigenvalue weighted by atomic mass is 32.2. The van der Waals surface area contributed by atoms with Crippen LogP contribution in [0, 0.1) is 5.92 Å². The zero-order chi connectivity index (χ0) is 32.0. The standard InChI is InChI=1S/C34H43N7O3S/c1-33(2,3)28-15-13-24-31(38-28)41-21-22(20-34(41,4)5)12-14-27(26-9-6-8-25(36-26)23-16-18-35-19-17-23)37-29-10-7-11-30(39-29)45(43,44)40-32(24)42/h6-11,13,15-16,22,27,35H,12,14,17-21H2,1-5H3,(H,37,39)(H,40,42)/t22-,27-/m0/s1. The molecule has 238 valence electrons. The van der Waals surface area contributed by atoms with Gasteiger partial charge in [-0.1, -0.05) is 39.0 Å². The van der Waals surface area contributed by atoms with E-state index in [2.05, 4.69) is 72.0 Å². The van der Waals surface area contributed by atoms with E-state index in [1.54, 1.807) is 18.2 Å². The van der Waals surface area contributed by atoms with Crippen LogP contribution >= 0.6 is 0 Å². The number of hydrogen-bond donors (Lipinski definition) is 3. The van der Waals surface area contributed by atoms with Gasteiger partial charge in [0, 0.05) is 29.7 Å². The van der Waals surface area contributed by atoms with Crippen molar-refractivity contribution in [2.45, 2.75) is 82.3 Å². The van der Waals surface area contributed by atoms with Gasteiger partial charge in [-0.3, -0.25) is 9.78 Å². The lowest BCUT2D eigenvalue weighted by molar-refractivity contribution is 0.0981. The fraction of sp³-hybridized carbons (Fsp3) is 0.471. The molecule has 4 bridgehead atoms. The molecule has 10 nitrogen and oxygen atoms in total. The highest BCUT2D eigenvalue weighted by Gasteiger charge is 2.41. The second-order valence-corrected chi connectivity index (χ2v) is 15.6. The number of carbonyl (C=O) groups is 1. The van der Waals surface area contributed by atoms with Gasteiger partial charge >= 0.3 is 0 Å². The predicted molar refractivity (Wildman–Crippen MR) is 177 cm³/mol. The molecule has 3 N–H and O–H groups in total. The Morgan fingerprint density at radius 3 is 2.53 bits per heavy atom. The maximum absolute atomic E-state index is 13.7. The minimum atomic E-state index is -4.28. The average molecular weight is 630 g/mol. The Kier molecular flexibility index (Phi) is 8.19. The fourth-order valence-corrected chi connectivity index (χ4v) is 7.57. The maximum Gasteiger partial charge on any atom is 0.281 e. The number of aromatic nitrogens is 3. The Bertz CT molecular complexity index is 1750. The van der Waals surface area contributed by atoms with Crippen LogP contribution in [0.3, 0.4) is 0 Å². The van der Waals surface area contributed by atoms with Gasteiger partial charge in [0.25, 0.3) is 15.9 Å². The van der Waals surface area contributed by atoms with Crippen molar-refractivity contribution >= 4 is 33.1 Å². The number of fused-ring (bicyclic) bond motifs is 6. The summed E-state index contributed by atoms with van der Waals surface area (Å²) >= 11 is 0. The van der Waals surface area contributed by atoms with E-state index < -0.39 is 15.9 Å². The molecule has 11 heteroatoms. The number of pyridine rings is 3. The van der Waals surface area contributed by atoms with Gasteiger partial charge in [0.15, 0.2) is 5.03 Å². The quantitative estimate of drug-likeness (QED) is 0.350. The number of anilines is 2. The van der Waals surface area contributed by atoms with Gasteiger partial charge in [-0.25, -0.2) is 14.7 Å². The van der Waals surface area contributed by atoms with E-state index in [4.69, 9.17) is 9.97 Å². The summed E-state index contributed by atoms with van der Waals surface area (Å²) in [5.74, 6) is 0.518. The molecule has 0 aliphatic carbocycles. The van der Waals surface area contributed by atoms with Crippen molar-refractivity contribution in [2.75, 3.05) is 29.9 Å². The first-order valence-electron chi connectivity index (χ1n) is 15.8. The molecule has 0 radical (unpaired) electrons. The Balaban J connectivity index is 1.43. The first-order chi connectivity index (χ1) is 21.3. The van der Waals surface area contributed by atoms with E-state index >= 15 is 0 Å². The van der Waals surface area contributed by atoms with Crippen LogP contribution in [0.2, 0.25) is 0 Å². The first-order valence-corrected chi connectivity index (χ1v) is 17.3. The van der Waals surface area contributed by atoms with Crippen molar-refractivity contribution in [3.05, 3.63) is 77.3 Å². The third-order valence-electron chi connectivity index (χ3n) is 9.04. The Hall–Kier alpha value is -3.83. The van der Waals surface area contributed by atoms with E-state index in [1.165, 1.54) is 11.6 Å². The summed E-state index contributed by atoms with van der Waals surface area (Å²) in [7, 11) is -4.28.